The van der Waals surface area contributed by atoms with Crippen LogP contribution in [0.25, 0.3) is 0 Å². The Morgan fingerprint density at radius 3 is 2.00 bits per heavy atom. The van der Waals surface area contributed by atoms with Crippen molar-refractivity contribution in [1.82, 2.24) is 0 Å². The first-order valence-corrected chi connectivity index (χ1v) is 4.15. The number of allylic oxidation sites excluding steroid dienone is 6. The smallest absolute Gasteiger partial charge is 0.0810 e. The van der Waals surface area contributed by atoms with Crippen LogP contribution in [-0.4, -0.2) is 0 Å². The van der Waals surface area contributed by atoms with E-state index in [4.69, 9.17) is 12.8 Å². The molecule has 0 aliphatic heterocycles. The standard InChI is InChI=1S/C13H12/c1-5-11(6-2)12-7-9-13(3,4)10-8-12/h1-2,7-10H,3-4H3. The maximum atomic E-state index is 5.26. The minimum Gasteiger partial charge on any atom is -0.114 e. The van der Waals surface area contributed by atoms with Crippen molar-refractivity contribution < 1.29 is 0 Å². The molecule has 13 heavy (non-hydrogen) atoms. The summed E-state index contributed by atoms with van der Waals surface area (Å²) in [6, 6.07) is 0. The molecular formula is C13H12. The molecule has 0 saturated carbocycles. The molecule has 1 aliphatic carbocycles. The van der Waals surface area contributed by atoms with E-state index in [1.165, 1.54) is 0 Å². The highest BCUT2D eigenvalue weighted by molar-refractivity contribution is 5.54. The third kappa shape index (κ3) is 2.14. The fraction of sp³-hybridized carbons (Fsp3) is 0.231. The average Bonchev–Trinajstić information content (AvgIpc) is 2.09. The summed E-state index contributed by atoms with van der Waals surface area (Å²) in [5, 5.41) is 0. The summed E-state index contributed by atoms with van der Waals surface area (Å²) >= 11 is 0. The van der Waals surface area contributed by atoms with E-state index in [0.717, 1.165) is 5.57 Å². The number of hydrogen-bond donors (Lipinski definition) is 0. The van der Waals surface area contributed by atoms with Crippen LogP contribution in [0.1, 0.15) is 13.8 Å². The van der Waals surface area contributed by atoms with Crippen LogP contribution in [-0.2, 0) is 0 Å². The van der Waals surface area contributed by atoms with Crippen LogP contribution in [0, 0.1) is 30.1 Å². The molecular weight excluding hydrogens is 156 g/mol. The predicted molar refractivity (Wildman–Crippen MR) is 56.8 cm³/mol. The Kier molecular flexibility index (Phi) is 2.45. The number of hydrogen-bond acceptors (Lipinski definition) is 0. The van der Waals surface area contributed by atoms with Crippen molar-refractivity contribution in [2.75, 3.05) is 0 Å². The zero-order valence-electron chi connectivity index (χ0n) is 7.96. The number of rotatable bonds is 0. The van der Waals surface area contributed by atoms with E-state index >= 15 is 0 Å². The van der Waals surface area contributed by atoms with Crippen LogP contribution in [0.2, 0.25) is 0 Å². The summed E-state index contributed by atoms with van der Waals surface area (Å²) in [7, 11) is 0. The van der Waals surface area contributed by atoms with Gasteiger partial charge in [-0.25, -0.2) is 0 Å². The van der Waals surface area contributed by atoms with E-state index in [0.29, 0.717) is 5.57 Å². The van der Waals surface area contributed by atoms with Gasteiger partial charge < -0.3 is 0 Å². The van der Waals surface area contributed by atoms with Crippen LogP contribution >= 0.6 is 0 Å². The van der Waals surface area contributed by atoms with Gasteiger partial charge in [-0.05, 0) is 5.57 Å². The van der Waals surface area contributed by atoms with E-state index < -0.39 is 0 Å². The zero-order chi connectivity index (χ0) is 9.90. The molecule has 0 spiro atoms. The molecule has 0 aromatic rings. The van der Waals surface area contributed by atoms with Crippen molar-refractivity contribution in [1.29, 1.82) is 0 Å². The minimum atomic E-state index is 0.109. The van der Waals surface area contributed by atoms with Gasteiger partial charge in [-0.1, -0.05) is 50.0 Å². The van der Waals surface area contributed by atoms with E-state index in [1.54, 1.807) is 0 Å². The van der Waals surface area contributed by atoms with E-state index in [1.807, 2.05) is 12.2 Å². The van der Waals surface area contributed by atoms with Crippen LogP contribution in [0.4, 0.5) is 0 Å². The lowest BCUT2D eigenvalue weighted by Gasteiger charge is -2.18. The molecule has 1 aliphatic rings. The molecule has 1 rings (SSSR count). The van der Waals surface area contributed by atoms with Gasteiger partial charge in [0.1, 0.15) is 0 Å². The van der Waals surface area contributed by atoms with E-state index in [9.17, 15) is 0 Å². The second-order valence-corrected chi connectivity index (χ2v) is 3.61. The molecule has 0 nitrogen and oxygen atoms in total. The predicted octanol–water partition coefficient (Wildman–Crippen LogP) is 2.70. The van der Waals surface area contributed by atoms with Gasteiger partial charge in [0.2, 0.25) is 0 Å². The highest BCUT2D eigenvalue weighted by Gasteiger charge is 2.12. The maximum Gasteiger partial charge on any atom is 0.0810 e. The third-order valence-electron chi connectivity index (χ3n) is 1.96. The molecule has 0 fully saturated rings. The monoisotopic (exact) mass is 168 g/mol. The summed E-state index contributed by atoms with van der Waals surface area (Å²) < 4.78 is 0. The zero-order valence-corrected chi connectivity index (χ0v) is 7.96. The lowest BCUT2D eigenvalue weighted by Crippen LogP contribution is -2.05. The van der Waals surface area contributed by atoms with Gasteiger partial charge in [0.05, 0.1) is 5.57 Å². The summed E-state index contributed by atoms with van der Waals surface area (Å²) in [5.41, 5.74) is 1.67. The lowest BCUT2D eigenvalue weighted by molar-refractivity contribution is 0.621. The summed E-state index contributed by atoms with van der Waals surface area (Å²) in [4.78, 5) is 0. The Morgan fingerprint density at radius 1 is 1.15 bits per heavy atom. The second-order valence-electron chi connectivity index (χ2n) is 3.61. The normalized spacial score (nSPS) is 17.7. The van der Waals surface area contributed by atoms with Gasteiger partial charge in [0, 0.05) is 5.41 Å². The highest BCUT2D eigenvalue weighted by atomic mass is 14.2. The van der Waals surface area contributed by atoms with Crippen LogP contribution in [0.3, 0.4) is 0 Å². The SMILES string of the molecule is C#CC(C#C)=C1C=CC(C)(C)C=C1. The largest absolute Gasteiger partial charge is 0.114 e. The molecule has 64 valence electrons. The summed E-state index contributed by atoms with van der Waals surface area (Å²) in [6.45, 7) is 4.25. The van der Waals surface area contributed by atoms with Crippen LogP contribution < -0.4 is 0 Å². The summed E-state index contributed by atoms with van der Waals surface area (Å²) in [6.07, 6.45) is 18.7. The van der Waals surface area contributed by atoms with Crippen LogP contribution in [0.15, 0.2) is 35.5 Å². The van der Waals surface area contributed by atoms with Gasteiger partial charge in [-0.3, -0.25) is 0 Å². The average molecular weight is 168 g/mol. The molecule has 0 heterocycles. The first kappa shape index (κ1) is 9.43. The second kappa shape index (κ2) is 3.38. The van der Waals surface area contributed by atoms with Gasteiger partial charge in [0.25, 0.3) is 0 Å². The Morgan fingerprint density at radius 2 is 1.62 bits per heavy atom. The van der Waals surface area contributed by atoms with E-state index in [2.05, 4.69) is 37.8 Å². The molecule has 0 saturated heterocycles. The van der Waals surface area contributed by atoms with Crippen LogP contribution in [0.5, 0.6) is 0 Å². The molecule has 0 unspecified atom stereocenters. The van der Waals surface area contributed by atoms with Gasteiger partial charge in [-0.2, -0.15) is 0 Å². The van der Waals surface area contributed by atoms with Gasteiger partial charge in [-0.15, -0.1) is 12.8 Å². The lowest BCUT2D eigenvalue weighted by atomic mass is 9.86. The quantitative estimate of drug-likeness (QED) is 0.488. The van der Waals surface area contributed by atoms with Crippen molar-refractivity contribution in [3.05, 3.63) is 35.5 Å². The first-order valence-electron chi connectivity index (χ1n) is 4.15. The molecule has 0 amide bonds. The van der Waals surface area contributed by atoms with Crippen molar-refractivity contribution in [3.8, 4) is 24.7 Å². The number of terminal acetylenes is 2. The molecule has 0 N–H and O–H groups in total. The fourth-order valence-corrected chi connectivity index (χ4v) is 1.10. The van der Waals surface area contributed by atoms with Gasteiger partial charge >= 0.3 is 0 Å². The van der Waals surface area contributed by atoms with Crippen molar-refractivity contribution in [2.24, 2.45) is 5.41 Å². The topological polar surface area (TPSA) is 0 Å². The van der Waals surface area contributed by atoms with Crippen molar-refractivity contribution in [2.45, 2.75) is 13.8 Å². The molecule has 0 bridgehead atoms. The maximum absolute atomic E-state index is 5.26. The van der Waals surface area contributed by atoms with Crippen molar-refractivity contribution >= 4 is 0 Å². The highest BCUT2D eigenvalue weighted by Crippen LogP contribution is 2.26. The Balaban J connectivity index is 3.07. The molecule has 0 atom stereocenters. The summed E-state index contributed by atoms with van der Waals surface area (Å²) in [5.74, 6) is 4.98. The van der Waals surface area contributed by atoms with E-state index in [-0.39, 0.29) is 5.41 Å². The minimum absolute atomic E-state index is 0.109. The molecule has 0 aromatic heterocycles. The Hall–Kier alpha value is -1.66. The molecule has 0 radical (unpaired) electrons. The Labute approximate surface area is 80.0 Å². The van der Waals surface area contributed by atoms with Crippen molar-refractivity contribution in [3.63, 3.8) is 0 Å². The third-order valence-corrected chi connectivity index (χ3v) is 1.96. The van der Waals surface area contributed by atoms with Gasteiger partial charge in [0.15, 0.2) is 0 Å². The fourth-order valence-electron chi connectivity index (χ4n) is 1.10. The molecule has 0 aromatic carbocycles. The molecule has 0 heteroatoms. The Bertz CT molecular complexity index is 339. The first-order chi connectivity index (χ1) is 6.09.